The van der Waals surface area contributed by atoms with E-state index in [9.17, 15) is 9.18 Å². The molecule has 3 nitrogen and oxygen atoms in total. The lowest BCUT2D eigenvalue weighted by atomic mass is 9.95. The third kappa shape index (κ3) is 2.44. The molecule has 1 aliphatic carbocycles. The Morgan fingerprint density at radius 2 is 2.10 bits per heavy atom. The largest absolute Gasteiger partial charge is 0.354 e. The minimum atomic E-state index is -0.398. The van der Waals surface area contributed by atoms with Crippen LogP contribution in [0.2, 0.25) is 0 Å². The zero-order chi connectivity index (χ0) is 14.2. The van der Waals surface area contributed by atoms with Crippen LogP contribution in [0.1, 0.15) is 31.2 Å². The SMILES string of the molecule is CN1CCCC1CNC(=O)C1(c2ccc(F)cc2)CC1. The highest BCUT2D eigenvalue weighted by atomic mass is 19.1. The molecule has 1 unspecified atom stereocenters. The van der Waals surface area contributed by atoms with Crippen molar-refractivity contribution in [2.45, 2.75) is 37.1 Å². The molecule has 2 fully saturated rings. The Morgan fingerprint density at radius 1 is 1.40 bits per heavy atom. The summed E-state index contributed by atoms with van der Waals surface area (Å²) in [6.45, 7) is 1.84. The highest BCUT2D eigenvalue weighted by Gasteiger charge is 2.51. The summed E-state index contributed by atoms with van der Waals surface area (Å²) in [6.07, 6.45) is 4.09. The van der Waals surface area contributed by atoms with Gasteiger partial charge in [0.2, 0.25) is 5.91 Å². The Kier molecular flexibility index (Phi) is 3.50. The number of halogens is 1. The third-order valence-electron chi connectivity index (χ3n) is 4.75. The van der Waals surface area contributed by atoms with Gasteiger partial charge in [-0.15, -0.1) is 0 Å². The van der Waals surface area contributed by atoms with Gasteiger partial charge in [0.25, 0.3) is 0 Å². The number of amides is 1. The van der Waals surface area contributed by atoms with Crippen molar-refractivity contribution in [3.63, 3.8) is 0 Å². The van der Waals surface area contributed by atoms with E-state index >= 15 is 0 Å². The van der Waals surface area contributed by atoms with Crippen molar-refractivity contribution in [1.29, 1.82) is 0 Å². The van der Waals surface area contributed by atoms with Gasteiger partial charge in [-0.2, -0.15) is 0 Å². The lowest BCUT2D eigenvalue weighted by Crippen LogP contribution is -2.42. The molecule has 1 N–H and O–H groups in total. The molecule has 0 spiro atoms. The number of carbonyl (C=O) groups is 1. The molecule has 1 saturated carbocycles. The van der Waals surface area contributed by atoms with Crippen molar-refractivity contribution < 1.29 is 9.18 Å². The molecule has 3 rings (SSSR count). The van der Waals surface area contributed by atoms with E-state index in [2.05, 4.69) is 17.3 Å². The molecule has 1 aliphatic heterocycles. The summed E-state index contributed by atoms with van der Waals surface area (Å²) in [5, 5.41) is 3.10. The highest BCUT2D eigenvalue weighted by Crippen LogP contribution is 2.48. The van der Waals surface area contributed by atoms with Crippen LogP contribution in [0.25, 0.3) is 0 Å². The number of nitrogens with one attached hydrogen (secondary N) is 1. The number of likely N-dealkylation sites (N-methyl/N-ethyl adjacent to an activating group) is 1. The normalized spacial score (nSPS) is 24.6. The minimum Gasteiger partial charge on any atom is -0.354 e. The number of rotatable bonds is 4. The predicted octanol–water partition coefficient (Wildman–Crippen LogP) is 2.07. The molecular weight excluding hydrogens is 255 g/mol. The van der Waals surface area contributed by atoms with Gasteiger partial charge in [0, 0.05) is 12.6 Å². The summed E-state index contributed by atoms with van der Waals surface area (Å²) in [7, 11) is 2.11. The van der Waals surface area contributed by atoms with Gasteiger partial charge in [-0.25, -0.2) is 4.39 Å². The molecule has 1 aromatic carbocycles. The molecule has 1 amide bonds. The summed E-state index contributed by atoms with van der Waals surface area (Å²) < 4.78 is 13.0. The maximum atomic E-state index is 13.0. The molecule has 20 heavy (non-hydrogen) atoms. The van der Waals surface area contributed by atoms with Crippen LogP contribution in [-0.2, 0) is 10.2 Å². The second kappa shape index (κ2) is 5.17. The van der Waals surface area contributed by atoms with Gasteiger partial charge in [0.1, 0.15) is 5.82 Å². The Hall–Kier alpha value is -1.42. The molecule has 0 radical (unpaired) electrons. The number of benzene rings is 1. The summed E-state index contributed by atoms with van der Waals surface area (Å²) in [4.78, 5) is 14.8. The second-order valence-electron chi connectivity index (χ2n) is 6.08. The lowest BCUT2D eigenvalue weighted by molar-refractivity contribution is -0.123. The number of carbonyl (C=O) groups excluding carboxylic acids is 1. The Labute approximate surface area is 119 Å². The van der Waals surface area contributed by atoms with E-state index in [0.29, 0.717) is 6.04 Å². The highest BCUT2D eigenvalue weighted by molar-refractivity contribution is 5.91. The van der Waals surface area contributed by atoms with Gasteiger partial charge in [-0.3, -0.25) is 4.79 Å². The average Bonchev–Trinajstić information content (AvgIpc) is 3.15. The Balaban J connectivity index is 1.63. The fraction of sp³-hybridized carbons (Fsp3) is 0.562. The number of nitrogens with zero attached hydrogens (tertiary/aromatic N) is 1. The van der Waals surface area contributed by atoms with E-state index in [4.69, 9.17) is 0 Å². The standard InChI is InChI=1S/C16H21FN2O/c1-19-10-2-3-14(19)11-18-15(20)16(8-9-16)12-4-6-13(17)7-5-12/h4-7,14H,2-3,8-11H2,1H3,(H,18,20). The second-order valence-corrected chi connectivity index (χ2v) is 6.08. The van der Waals surface area contributed by atoms with Crippen molar-refractivity contribution >= 4 is 5.91 Å². The maximum Gasteiger partial charge on any atom is 0.230 e. The number of likely N-dealkylation sites (tertiary alicyclic amines) is 1. The quantitative estimate of drug-likeness (QED) is 0.913. The topological polar surface area (TPSA) is 32.3 Å². The third-order valence-corrected chi connectivity index (χ3v) is 4.75. The van der Waals surface area contributed by atoms with Gasteiger partial charge in [-0.1, -0.05) is 12.1 Å². The van der Waals surface area contributed by atoms with Gasteiger partial charge in [-0.05, 0) is 57.0 Å². The minimum absolute atomic E-state index is 0.101. The summed E-state index contributed by atoms with van der Waals surface area (Å²) in [5.74, 6) is -0.151. The monoisotopic (exact) mass is 276 g/mol. The van der Waals surface area contributed by atoms with Crippen LogP contribution in [0, 0.1) is 5.82 Å². The zero-order valence-corrected chi connectivity index (χ0v) is 11.9. The molecule has 1 aromatic rings. The number of hydrogen-bond donors (Lipinski definition) is 1. The fourth-order valence-corrected chi connectivity index (χ4v) is 3.16. The van der Waals surface area contributed by atoms with Crippen molar-refractivity contribution in [2.75, 3.05) is 20.1 Å². The first kappa shape index (κ1) is 13.6. The lowest BCUT2D eigenvalue weighted by Gasteiger charge is -2.22. The molecule has 1 heterocycles. The summed E-state index contributed by atoms with van der Waals surface area (Å²) in [6, 6.07) is 6.82. The van der Waals surface area contributed by atoms with Crippen LogP contribution in [0.4, 0.5) is 4.39 Å². The van der Waals surface area contributed by atoms with E-state index in [1.165, 1.54) is 18.6 Å². The molecule has 2 aliphatic rings. The van der Waals surface area contributed by atoms with Gasteiger partial charge >= 0.3 is 0 Å². The van der Waals surface area contributed by atoms with E-state index in [1.807, 2.05) is 0 Å². The first-order valence-corrected chi connectivity index (χ1v) is 7.36. The van der Waals surface area contributed by atoms with Crippen LogP contribution in [-0.4, -0.2) is 37.0 Å². The van der Waals surface area contributed by atoms with Gasteiger partial charge in [0.15, 0.2) is 0 Å². The van der Waals surface area contributed by atoms with Crippen molar-refractivity contribution in [3.05, 3.63) is 35.6 Å². The van der Waals surface area contributed by atoms with E-state index in [0.717, 1.165) is 37.9 Å². The first-order chi connectivity index (χ1) is 9.62. The van der Waals surface area contributed by atoms with Crippen LogP contribution >= 0.6 is 0 Å². The van der Waals surface area contributed by atoms with E-state index in [1.54, 1.807) is 12.1 Å². The van der Waals surface area contributed by atoms with E-state index in [-0.39, 0.29) is 11.7 Å². The average molecular weight is 276 g/mol. The molecule has 0 bridgehead atoms. The maximum absolute atomic E-state index is 13.0. The molecule has 0 aromatic heterocycles. The zero-order valence-electron chi connectivity index (χ0n) is 11.9. The number of hydrogen-bond acceptors (Lipinski definition) is 2. The van der Waals surface area contributed by atoms with Crippen LogP contribution in [0.15, 0.2) is 24.3 Å². The van der Waals surface area contributed by atoms with Gasteiger partial charge in [0.05, 0.1) is 5.41 Å². The smallest absolute Gasteiger partial charge is 0.230 e. The Bertz CT molecular complexity index is 496. The van der Waals surface area contributed by atoms with Crippen LogP contribution < -0.4 is 5.32 Å². The van der Waals surface area contributed by atoms with Crippen LogP contribution in [0.3, 0.4) is 0 Å². The molecule has 4 heteroatoms. The van der Waals surface area contributed by atoms with E-state index < -0.39 is 5.41 Å². The molecule has 108 valence electrons. The van der Waals surface area contributed by atoms with Crippen molar-refractivity contribution in [2.24, 2.45) is 0 Å². The molecule has 1 saturated heterocycles. The predicted molar refractivity (Wildman–Crippen MR) is 76.0 cm³/mol. The van der Waals surface area contributed by atoms with Crippen molar-refractivity contribution in [1.82, 2.24) is 10.2 Å². The Morgan fingerprint density at radius 3 is 2.65 bits per heavy atom. The molecule has 1 atom stereocenters. The van der Waals surface area contributed by atoms with Crippen molar-refractivity contribution in [3.8, 4) is 0 Å². The van der Waals surface area contributed by atoms with Crippen LogP contribution in [0.5, 0.6) is 0 Å². The molecular formula is C16H21FN2O. The summed E-state index contributed by atoms with van der Waals surface area (Å²) >= 11 is 0. The van der Waals surface area contributed by atoms with Gasteiger partial charge < -0.3 is 10.2 Å². The summed E-state index contributed by atoms with van der Waals surface area (Å²) in [5.41, 5.74) is 0.543. The first-order valence-electron chi connectivity index (χ1n) is 7.36. The fourth-order valence-electron chi connectivity index (χ4n) is 3.16.